The number of imidazole rings is 1. The summed E-state index contributed by atoms with van der Waals surface area (Å²) in [5.41, 5.74) is 4.68. The van der Waals surface area contributed by atoms with Crippen LogP contribution in [0.5, 0.6) is 0 Å². The number of nitrogens with one attached hydrogen (secondary N) is 1. The largest absolute Gasteiger partial charge is 0.354 e. The number of rotatable bonds is 2. The van der Waals surface area contributed by atoms with Gasteiger partial charge in [-0.2, -0.15) is 10.2 Å². The zero-order valence-corrected chi connectivity index (χ0v) is 12.5. The summed E-state index contributed by atoms with van der Waals surface area (Å²) in [6.45, 7) is 1.78. The van der Waals surface area contributed by atoms with Gasteiger partial charge in [0.15, 0.2) is 5.65 Å². The lowest BCUT2D eigenvalue weighted by Gasteiger charge is -2.07. The topological polar surface area (TPSA) is 77.9 Å². The van der Waals surface area contributed by atoms with Gasteiger partial charge in [0.1, 0.15) is 17.7 Å². The first-order chi connectivity index (χ1) is 11.3. The van der Waals surface area contributed by atoms with E-state index in [1.165, 1.54) is 0 Å². The number of aryl methyl sites for hydroxylation is 1. The highest BCUT2D eigenvalue weighted by Crippen LogP contribution is 2.35. The molecular formula is C15H14N8. The van der Waals surface area contributed by atoms with Crippen molar-refractivity contribution in [3.8, 4) is 22.6 Å². The van der Waals surface area contributed by atoms with Crippen LogP contribution in [0.2, 0.25) is 0 Å². The molecule has 8 heteroatoms. The lowest BCUT2D eigenvalue weighted by Crippen LogP contribution is -2.00. The van der Waals surface area contributed by atoms with Crippen molar-refractivity contribution < 1.29 is 0 Å². The first kappa shape index (κ1) is 12.4. The number of nitrogens with zero attached hydrogens (tertiary/aromatic N) is 7. The molecule has 0 radical (unpaired) electrons. The molecule has 5 heterocycles. The molecule has 4 aromatic heterocycles. The van der Waals surface area contributed by atoms with Gasteiger partial charge in [-0.25, -0.2) is 14.5 Å². The second kappa shape index (κ2) is 4.42. The van der Waals surface area contributed by atoms with Gasteiger partial charge in [0.25, 0.3) is 0 Å². The summed E-state index contributed by atoms with van der Waals surface area (Å²) in [4.78, 5) is 8.95. The summed E-state index contributed by atoms with van der Waals surface area (Å²) in [7, 11) is 1.91. The molecule has 1 N–H and O–H groups in total. The number of fused-ring (bicyclic) bond motifs is 2. The van der Waals surface area contributed by atoms with Crippen molar-refractivity contribution in [1.29, 1.82) is 0 Å². The average molecular weight is 306 g/mol. The number of hydrogen-bond donors (Lipinski definition) is 1. The maximum absolute atomic E-state index is 4.75. The number of aromatic nitrogens is 7. The van der Waals surface area contributed by atoms with Crippen LogP contribution in [0.25, 0.3) is 28.3 Å². The highest BCUT2D eigenvalue weighted by atomic mass is 15.3. The first-order valence-electron chi connectivity index (χ1n) is 7.44. The van der Waals surface area contributed by atoms with E-state index in [0.29, 0.717) is 0 Å². The minimum Gasteiger partial charge on any atom is -0.354 e. The molecule has 5 rings (SSSR count). The van der Waals surface area contributed by atoms with E-state index in [1.54, 1.807) is 15.5 Å². The Bertz CT molecular complexity index is 1020. The average Bonchev–Trinajstić information content (AvgIpc) is 3.29. The van der Waals surface area contributed by atoms with Crippen molar-refractivity contribution in [2.75, 3.05) is 11.9 Å². The molecule has 1 aliphatic rings. The Labute approximate surface area is 131 Å². The van der Waals surface area contributed by atoms with Crippen LogP contribution in [-0.4, -0.2) is 40.5 Å². The van der Waals surface area contributed by atoms with E-state index in [-0.39, 0.29) is 0 Å². The summed E-state index contributed by atoms with van der Waals surface area (Å²) in [6, 6.07) is 6.00. The molecule has 4 aromatic rings. The summed E-state index contributed by atoms with van der Waals surface area (Å²) in [5, 5.41) is 12.1. The zero-order valence-electron chi connectivity index (χ0n) is 12.5. The fraction of sp³-hybridized carbons (Fsp3) is 0.200. The van der Waals surface area contributed by atoms with Crippen molar-refractivity contribution in [3.63, 3.8) is 0 Å². The van der Waals surface area contributed by atoms with Gasteiger partial charge in [-0.1, -0.05) is 0 Å². The van der Waals surface area contributed by atoms with Gasteiger partial charge in [0.05, 0.1) is 5.69 Å². The van der Waals surface area contributed by atoms with E-state index in [9.17, 15) is 0 Å². The second-order valence-corrected chi connectivity index (χ2v) is 5.57. The lowest BCUT2D eigenvalue weighted by atomic mass is 10.1. The Hall–Kier alpha value is -3.16. The summed E-state index contributed by atoms with van der Waals surface area (Å²) in [6.07, 6.45) is 5.47. The van der Waals surface area contributed by atoms with E-state index in [0.717, 1.165) is 47.3 Å². The zero-order chi connectivity index (χ0) is 15.4. The summed E-state index contributed by atoms with van der Waals surface area (Å²) in [5.74, 6) is 0.888. The maximum atomic E-state index is 4.75. The molecule has 0 saturated carbocycles. The minimum absolute atomic E-state index is 0.826. The van der Waals surface area contributed by atoms with Crippen LogP contribution in [0.15, 0.2) is 36.9 Å². The lowest BCUT2D eigenvalue weighted by molar-refractivity contribution is 0.770. The molecule has 114 valence electrons. The molecule has 0 atom stereocenters. The fourth-order valence-corrected chi connectivity index (χ4v) is 3.05. The van der Waals surface area contributed by atoms with Crippen molar-refractivity contribution >= 4 is 11.6 Å². The third-order valence-corrected chi connectivity index (χ3v) is 4.09. The normalized spacial score (nSPS) is 13.4. The molecule has 0 spiro atoms. The van der Waals surface area contributed by atoms with Crippen LogP contribution in [0, 0.1) is 0 Å². The van der Waals surface area contributed by atoms with Crippen molar-refractivity contribution in [2.24, 2.45) is 7.05 Å². The molecule has 0 bridgehead atoms. The highest BCUT2D eigenvalue weighted by molar-refractivity contribution is 5.79. The summed E-state index contributed by atoms with van der Waals surface area (Å²) < 4.78 is 5.76. The van der Waals surface area contributed by atoms with Gasteiger partial charge in [0.2, 0.25) is 5.95 Å². The van der Waals surface area contributed by atoms with Crippen LogP contribution >= 0.6 is 0 Å². The van der Waals surface area contributed by atoms with Gasteiger partial charge in [-0.15, -0.1) is 0 Å². The Kier molecular flexibility index (Phi) is 2.38. The predicted molar refractivity (Wildman–Crippen MR) is 84.9 cm³/mol. The standard InChI is InChI=1S/C15H14N8/c1-21-6-4-11(20-21)13-14(22-7-5-16-15(22)19-13)10-2-3-12-17-9-18-23(12)8-10/h2-4,6,8-9H,5,7H2,1H3,(H,16,19). The molecular weight excluding hydrogens is 292 g/mol. The van der Waals surface area contributed by atoms with Crippen LogP contribution in [-0.2, 0) is 13.6 Å². The Morgan fingerprint density at radius 1 is 1.22 bits per heavy atom. The quantitative estimate of drug-likeness (QED) is 0.606. The molecule has 0 aliphatic carbocycles. The van der Waals surface area contributed by atoms with E-state index >= 15 is 0 Å². The Morgan fingerprint density at radius 2 is 2.17 bits per heavy atom. The molecule has 0 fully saturated rings. The Balaban J connectivity index is 1.77. The molecule has 0 amide bonds. The second-order valence-electron chi connectivity index (χ2n) is 5.57. The predicted octanol–water partition coefficient (Wildman–Crippen LogP) is 1.42. The Morgan fingerprint density at radius 3 is 3.04 bits per heavy atom. The van der Waals surface area contributed by atoms with Crippen LogP contribution < -0.4 is 5.32 Å². The van der Waals surface area contributed by atoms with Gasteiger partial charge >= 0.3 is 0 Å². The number of pyridine rings is 1. The van der Waals surface area contributed by atoms with Crippen LogP contribution in [0.4, 0.5) is 5.95 Å². The van der Waals surface area contributed by atoms with Gasteiger partial charge < -0.3 is 9.88 Å². The smallest absolute Gasteiger partial charge is 0.204 e. The van der Waals surface area contributed by atoms with E-state index in [1.807, 2.05) is 31.6 Å². The summed E-state index contributed by atoms with van der Waals surface area (Å²) >= 11 is 0. The van der Waals surface area contributed by atoms with Crippen molar-refractivity contribution in [1.82, 2.24) is 33.9 Å². The number of hydrogen-bond acceptors (Lipinski definition) is 5. The molecule has 0 saturated heterocycles. The van der Waals surface area contributed by atoms with Gasteiger partial charge in [0, 0.05) is 38.1 Å². The SMILES string of the molecule is Cn1ccc(-c2nc3n(c2-c2ccc4ncnn4c2)CCN3)n1. The molecule has 1 aliphatic heterocycles. The number of anilines is 1. The molecule has 0 aromatic carbocycles. The van der Waals surface area contributed by atoms with Gasteiger partial charge in [-0.05, 0) is 18.2 Å². The fourth-order valence-electron chi connectivity index (χ4n) is 3.05. The van der Waals surface area contributed by atoms with Crippen LogP contribution in [0.3, 0.4) is 0 Å². The van der Waals surface area contributed by atoms with E-state index in [4.69, 9.17) is 4.98 Å². The first-order valence-corrected chi connectivity index (χ1v) is 7.44. The molecule has 23 heavy (non-hydrogen) atoms. The molecule has 0 unspecified atom stereocenters. The van der Waals surface area contributed by atoms with Crippen molar-refractivity contribution in [3.05, 3.63) is 36.9 Å². The van der Waals surface area contributed by atoms with Crippen LogP contribution in [0.1, 0.15) is 0 Å². The maximum Gasteiger partial charge on any atom is 0.204 e. The van der Waals surface area contributed by atoms with Gasteiger partial charge in [-0.3, -0.25) is 4.68 Å². The van der Waals surface area contributed by atoms with E-state index in [2.05, 4.69) is 31.1 Å². The minimum atomic E-state index is 0.826. The molecule has 8 nitrogen and oxygen atoms in total. The van der Waals surface area contributed by atoms with E-state index < -0.39 is 0 Å². The third kappa shape index (κ3) is 1.78. The highest BCUT2D eigenvalue weighted by Gasteiger charge is 2.24. The third-order valence-electron chi connectivity index (χ3n) is 4.09. The van der Waals surface area contributed by atoms with Crippen molar-refractivity contribution in [2.45, 2.75) is 6.54 Å². The monoisotopic (exact) mass is 306 g/mol.